The SMILES string of the molecule is CCN(CC)S(=O)(=O)c1ccc(C)c(NC(=O)COC(=O)c2cccc(F)c2)c1. The number of anilines is 1. The van der Waals surface area contributed by atoms with Crippen molar-refractivity contribution in [3.05, 3.63) is 59.4 Å². The van der Waals surface area contributed by atoms with Crippen molar-refractivity contribution in [2.45, 2.75) is 25.7 Å². The summed E-state index contributed by atoms with van der Waals surface area (Å²) in [5.74, 6) is -2.07. The van der Waals surface area contributed by atoms with Crippen LogP contribution in [0.25, 0.3) is 0 Å². The molecule has 7 nitrogen and oxygen atoms in total. The van der Waals surface area contributed by atoms with E-state index in [0.29, 0.717) is 24.3 Å². The van der Waals surface area contributed by atoms with Gasteiger partial charge in [-0.15, -0.1) is 0 Å². The maximum Gasteiger partial charge on any atom is 0.338 e. The third-order valence-electron chi connectivity index (χ3n) is 4.22. The summed E-state index contributed by atoms with van der Waals surface area (Å²) in [7, 11) is -3.68. The lowest BCUT2D eigenvalue weighted by Crippen LogP contribution is -2.30. The number of halogens is 1. The number of carbonyl (C=O) groups excluding carboxylic acids is 2. The highest BCUT2D eigenvalue weighted by molar-refractivity contribution is 7.89. The molecule has 0 atom stereocenters. The second kappa shape index (κ2) is 9.62. The van der Waals surface area contributed by atoms with Crippen molar-refractivity contribution >= 4 is 27.6 Å². The molecule has 156 valence electrons. The van der Waals surface area contributed by atoms with E-state index in [1.165, 1.54) is 34.6 Å². The van der Waals surface area contributed by atoms with Gasteiger partial charge in [0.15, 0.2) is 6.61 Å². The smallest absolute Gasteiger partial charge is 0.338 e. The lowest BCUT2D eigenvalue weighted by atomic mass is 10.2. The van der Waals surface area contributed by atoms with Gasteiger partial charge in [-0.25, -0.2) is 17.6 Å². The van der Waals surface area contributed by atoms with Gasteiger partial charge in [0.2, 0.25) is 10.0 Å². The van der Waals surface area contributed by atoms with Gasteiger partial charge < -0.3 is 10.1 Å². The molecule has 0 saturated carbocycles. The van der Waals surface area contributed by atoms with Gasteiger partial charge in [-0.1, -0.05) is 26.0 Å². The Bertz CT molecular complexity index is 1000. The van der Waals surface area contributed by atoms with E-state index >= 15 is 0 Å². The Morgan fingerprint density at radius 1 is 1.10 bits per heavy atom. The highest BCUT2D eigenvalue weighted by Gasteiger charge is 2.22. The monoisotopic (exact) mass is 422 g/mol. The molecule has 0 unspecified atom stereocenters. The summed E-state index contributed by atoms with van der Waals surface area (Å²) in [5, 5.41) is 2.54. The van der Waals surface area contributed by atoms with E-state index in [4.69, 9.17) is 4.74 Å². The zero-order valence-corrected chi connectivity index (χ0v) is 17.3. The molecule has 9 heteroatoms. The topological polar surface area (TPSA) is 92.8 Å². The number of rotatable bonds is 8. The third kappa shape index (κ3) is 5.61. The fourth-order valence-electron chi connectivity index (χ4n) is 2.63. The molecule has 0 aliphatic carbocycles. The Hall–Kier alpha value is -2.78. The third-order valence-corrected chi connectivity index (χ3v) is 6.27. The van der Waals surface area contributed by atoms with Gasteiger partial charge in [-0.3, -0.25) is 4.79 Å². The lowest BCUT2D eigenvalue weighted by molar-refractivity contribution is -0.119. The molecule has 0 aliphatic rings. The van der Waals surface area contributed by atoms with Crippen LogP contribution in [0.15, 0.2) is 47.4 Å². The minimum atomic E-state index is -3.68. The number of ether oxygens (including phenoxy) is 1. The lowest BCUT2D eigenvalue weighted by Gasteiger charge is -2.19. The normalized spacial score (nSPS) is 11.3. The van der Waals surface area contributed by atoms with Crippen LogP contribution >= 0.6 is 0 Å². The van der Waals surface area contributed by atoms with Gasteiger partial charge in [0.05, 0.1) is 10.5 Å². The van der Waals surface area contributed by atoms with Crippen LogP contribution in [-0.2, 0) is 19.6 Å². The molecule has 2 aromatic carbocycles. The standard InChI is InChI=1S/C20H23FN2O5S/c1-4-23(5-2)29(26,27)17-10-9-14(3)18(12-17)22-19(24)13-28-20(25)15-7-6-8-16(21)11-15/h6-12H,4-5,13H2,1-3H3,(H,22,24). The van der Waals surface area contributed by atoms with Crippen LogP contribution in [0.3, 0.4) is 0 Å². The number of nitrogens with zero attached hydrogens (tertiary/aromatic N) is 1. The first-order valence-electron chi connectivity index (χ1n) is 9.02. The fourth-order valence-corrected chi connectivity index (χ4v) is 4.11. The van der Waals surface area contributed by atoms with E-state index < -0.39 is 34.3 Å². The summed E-state index contributed by atoms with van der Waals surface area (Å²) in [5.41, 5.74) is 0.930. The fraction of sp³-hybridized carbons (Fsp3) is 0.300. The highest BCUT2D eigenvalue weighted by atomic mass is 32.2. The maximum atomic E-state index is 13.2. The Kier molecular flexibility index (Phi) is 7.46. The van der Waals surface area contributed by atoms with Gasteiger partial charge in [0.1, 0.15) is 5.82 Å². The van der Waals surface area contributed by atoms with Crippen molar-refractivity contribution in [1.29, 1.82) is 0 Å². The minimum absolute atomic E-state index is 0.0127. The van der Waals surface area contributed by atoms with E-state index in [-0.39, 0.29) is 10.5 Å². The van der Waals surface area contributed by atoms with Crippen molar-refractivity contribution in [1.82, 2.24) is 4.31 Å². The first-order chi connectivity index (χ1) is 13.7. The molecule has 0 saturated heterocycles. The second-order valence-electron chi connectivity index (χ2n) is 6.20. The first-order valence-corrected chi connectivity index (χ1v) is 10.5. The summed E-state index contributed by atoms with van der Waals surface area (Å²) in [6.45, 7) is 5.24. The summed E-state index contributed by atoms with van der Waals surface area (Å²) in [6.07, 6.45) is 0. The minimum Gasteiger partial charge on any atom is -0.452 e. The zero-order chi connectivity index (χ0) is 21.6. The van der Waals surface area contributed by atoms with Crippen LogP contribution in [-0.4, -0.2) is 44.3 Å². The van der Waals surface area contributed by atoms with E-state index in [2.05, 4.69) is 5.32 Å². The Balaban J connectivity index is 2.09. The van der Waals surface area contributed by atoms with E-state index in [1.54, 1.807) is 26.8 Å². The number of aryl methyl sites for hydroxylation is 1. The number of hydrogen-bond acceptors (Lipinski definition) is 5. The van der Waals surface area contributed by atoms with Gasteiger partial charge in [-0.2, -0.15) is 4.31 Å². The highest BCUT2D eigenvalue weighted by Crippen LogP contribution is 2.23. The van der Waals surface area contributed by atoms with Crippen LogP contribution < -0.4 is 5.32 Å². The van der Waals surface area contributed by atoms with Crippen molar-refractivity contribution in [3.8, 4) is 0 Å². The van der Waals surface area contributed by atoms with E-state index in [9.17, 15) is 22.4 Å². The van der Waals surface area contributed by atoms with Crippen LogP contribution in [0, 0.1) is 12.7 Å². The van der Waals surface area contributed by atoms with Crippen molar-refractivity contribution in [3.63, 3.8) is 0 Å². The first kappa shape index (κ1) is 22.5. The Morgan fingerprint density at radius 3 is 2.41 bits per heavy atom. The molecule has 0 radical (unpaired) electrons. The molecule has 0 aromatic heterocycles. The van der Waals surface area contributed by atoms with Crippen molar-refractivity contribution in [2.24, 2.45) is 0 Å². The van der Waals surface area contributed by atoms with Gasteiger partial charge in [0, 0.05) is 18.8 Å². The van der Waals surface area contributed by atoms with Crippen LogP contribution in [0.5, 0.6) is 0 Å². The van der Waals surface area contributed by atoms with Gasteiger partial charge in [-0.05, 0) is 42.8 Å². The quantitative estimate of drug-likeness (QED) is 0.661. The molecule has 0 heterocycles. The number of carbonyl (C=O) groups is 2. The average Bonchev–Trinajstić information content (AvgIpc) is 2.68. The zero-order valence-electron chi connectivity index (χ0n) is 16.4. The Morgan fingerprint density at radius 2 is 1.79 bits per heavy atom. The largest absolute Gasteiger partial charge is 0.452 e. The molecule has 0 fully saturated rings. The maximum absolute atomic E-state index is 13.2. The average molecular weight is 422 g/mol. The molecule has 2 rings (SSSR count). The molecule has 2 aromatic rings. The molecule has 0 spiro atoms. The molecule has 0 aliphatic heterocycles. The van der Waals surface area contributed by atoms with Gasteiger partial charge >= 0.3 is 5.97 Å². The van der Waals surface area contributed by atoms with Crippen molar-refractivity contribution < 1.29 is 27.1 Å². The van der Waals surface area contributed by atoms with Crippen LogP contribution in [0.4, 0.5) is 10.1 Å². The number of nitrogens with one attached hydrogen (secondary N) is 1. The number of hydrogen-bond donors (Lipinski definition) is 1. The predicted molar refractivity (Wildman–Crippen MR) is 107 cm³/mol. The number of sulfonamides is 1. The van der Waals surface area contributed by atoms with Crippen LogP contribution in [0.2, 0.25) is 0 Å². The number of amides is 1. The predicted octanol–water partition coefficient (Wildman–Crippen LogP) is 2.96. The van der Waals surface area contributed by atoms with Crippen molar-refractivity contribution in [2.75, 3.05) is 25.0 Å². The molecular weight excluding hydrogens is 399 g/mol. The molecule has 29 heavy (non-hydrogen) atoms. The summed E-state index contributed by atoms with van der Waals surface area (Å²) in [6, 6.07) is 9.35. The number of esters is 1. The molecule has 1 N–H and O–H groups in total. The van der Waals surface area contributed by atoms with E-state index in [0.717, 1.165) is 6.07 Å². The van der Waals surface area contributed by atoms with Gasteiger partial charge in [0.25, 0.3) is 5.91 Å². The Labute approximate surface area is 169 Å². The summed E-state index contributed by atoms with van der Waals surface area (Å²) in [4.78, 5) is 24.1. The number of benzene rings is 2. The molecular formula is C20H23FN2O5S. The van der Waals surface area contributed by atoms with E-state index in [1.807, 2.05) is 0 Å². The van der Waals surface area contributed by atoms with Crippen LogP contribution in [0.1, 0.15) is 29.8 Å². The summed E-state index contributed by atoms with van der Waals surface area (Å²) < 4.78 is 44.7. The molecule has 1 amide bonds. The summed E-state index contributed by atoms with van der Waals surface area (Å²) >= 11 is 0. The molecule has 0 bridgehead atoms. The second-order valence-corrected chi connectivity index (χ2v) is 8.14.